The monoisotopic (exact) mass is 364 g/mol. The number of nitrogens with zero attached hydrogens (tertiary/aromatic N) is 3. The largest absolute Gasteiger partial charge is 0.416 e. The van der Waals surface area contributed by atoms with Crippen LogP contribution in [-0.4, -0.2) is 42.1 Å². The Morgan fingerprint density at radius 1 is 1.12 bits per heavy atom. The molecule has 26 heavy (non-hydrogen) atoms. The van der Waals surface area contributed by atoms with Gasteiger partial charge in [0.05, 0.1) is 5.56 Å². The van der Waals surface area contributed by atoms with Gasteiger partial charge < -0.3 is 9.80 Å². The summed E-state index contributed by atoms with van der Waals surface area (Å²) >= 11 is 0. The number of aromatic nitrogens is 1. The molecule has 5 nitrogen and oxygen atoms in total. The van der Waals surface area contributed by atoms with Gasteiger partial charge in [-0.25, -0.2) is 9.78 Å². The van der Waals surface area contributed by atoms with Crippen LogP contribution < -0.4 is 10.2 Å². The molecule has 0 saturated carbocycles. The van der Waals surface area contributed by atoms with Gasteiger partial charge in [0, 0.05) is 38.1 Å². The number of rotatable bonds is 2. The van der Waals surface area contributed by atoms with Gasteiger partial charge in [-0.1, -0.05) is 6.07 Å². The Hall–Kier alpha value is -2.77. The minimum atomic E-state index is -4.36. The van der Waals surface area contributed by atoms with Crippen LogP contribution in [0.4, 0.5) is 29.5 Å². The number of alkyl halides is 3. The van der Waals surface area contributed by atoms with Crippen molar-refractivity contribution in [3.63, 3.8) is 0 Å². The number of amides is 2. The molecule has 138 valence electrons. The van der Waals surface area contributed by atoms with E-state index in [1.807, 2.05) is 17.9 Å². The molecule has 2 aromatic rings. The van der Waals surface area contributed by atoms with E-state index < -0.39 is 11.7 Å². The molecular formula is C18H19F3N4O. The van der Waals surface area contributed by atoms with Crippen molar-refractivity contribution >= 4 is 17.5 Å². The van der Waals surface area contributed by atoms with Gasteiger partial charge in [-0.15, -0.1) is 0 Å². The van der Waals surface area contributed by atoms with Crippen molar-refractivity contribution in [2.24, 2.45) is 0 Å². The van der Waals surface area contributed by atoms with Crippen LogP contribution in [0.5, 0.6) is 0 Å². The van der Waals surface area contributed by atoms with E-state index in [0.29, 0.717) is 37.7 Å². The van der Waals surface area contributed by atoms with Crippen LogP contribution in [0.1, 0.15) is 11.1 Å². The van der Waals surface area contributed by atoms with Gasteiger partial charge >= 0.3 is 12.2 Å². The molecule has 1 aromatic heterocycles. The number of piperazine rings is 1. The maximum Gasteiger partial charge on any atom is 0.416 e. The molecule has 1 saturated heterocycles. The minimum absolute atomic E-state index is 0.258. The van der Waals surface area contributed by atoms with Crippen LogP contribution in [0.15, 0.2) is 42.6 Å². The number of halogens is 3. The fraction of sp³-hybridized carbons (Fsp3) is 0.333. The normalized spacial score (nSPS) is 15.1. The van der Waals surface area contributed by atoms with Crippen molar-refractivity contribution in [3.8, 4) is 0 Å². The smallest absolute Gasteiger partial charge is 0.368 e. The van der Waals surface area contributed by atoms with Crippen LogP contribution in [0.3, 0.4) is 0 Å². The molecule has 1 aliphatic rings. The van der Waals surface area contributed by atoms with Gasteiger partial charge in [0.2, 0.25) is 0 Å². The molecule has 0 radical (unpaired) electrons. The van der Waals surface area contributed by atoms with Gasteiger partial charge in [-0.3, -0.25) is 5.32 Å². The molecule has 2 amide bonds. The number of nitrogens with one attached hydrogen (secondary N) is 1. The highest BCUT2D eigenvalue weighted by molar-refractivity contribution is 5.88. The summed E-state index contributed by atoms with van der Waals surface area (Å²) < 4.78 is 38.6. The third kappa shape index (κ3) is 4.25. The summed E-state index contributed by atoms with van der Waals surface area (Å²) in [5.41, 5.74) is 0.839. The lowest BCUT2D eigenvalue weighted by atomic mass is 10.1. The van der Waals surface area contributed by atoms with Crippen LogP contribution in [0.25, 0.3) is 0 Å². The van der Waals surface area contributed by atoms with Gasteiger partial charge in [0.25, 0.3) is 0 Å². The maximum atomic E-state index is 12.9. The number of aryl methyl sites for hydroxylation is 1. The number of carbonyl (C=O) groups excluding carboxylic acids is 1. The van der Waals surface area contributed by atoms with E-state index in [1.165, 1.54) is 6.07 Å². The van der Waals surface area contributed by atoms with Crippen LogP contribution >= 0.6 is 0 Å². The fourth-order valence-corrected chi connectivity index (χ4v) is 2.84. The number of hydrogen-bond acceptors (Lipinski definition) is 3. The summed E-state index contributed by atoms with van der Waals surface area (Å²) in [5, 5.41) is 2.74. The lowest BCUT2D eigenvalue weighted by Crippen LogP contribution is -2.50. The summed E-state index contributed by atoms with van der Waals surface area (Å²) in [7, 11) is 0. The summed E-state index contributed by atoms with van der Waals surface area (Å²) in [6.45, 7) is 3.69. The first-order chi connectivity index (χ1) is 12.3. The number of anilines is 2. The van der Waals surface area contributed by atoms with E-state index in [4.69, 9.17) is 0 Å². The molecular weight excluding hydrogens is 345 g/mol. The molecule has 8 heteroatoms. The third-order valence-corrected chi connectivity index (χ3v) is 4.26. The highest BCUT2D eigenvalue weighted by atomic mass is 19.4. The first kappa shape index (κ1) is 18.0. The molecule has 1 aliphatic heterocycles. The van der Waals surface area contributed by atoms with E-state index in [9.17, 15) is 18.0 Å². The van der Waals surface area contributed by atoms with Crippen molar-refractivity contribution in [1.29, 1.82) is 0 Å². The second-order valence-electron chi connectivity index (χ2n) is 6.17. The standard InChI is InChI=1S/C18H19F3N4O/c1-13-5-6-22-16(11-13)23-17(26)25-9-7-24(8-10-25)15-4-2-3-14(12-15)18(19,20)21/h2-6,11-12H,7-10H2,1H3,(H,22,23,26). The average molecular weight is 364 g/mol. The van der Waals surface area contributed by atoms with Gasteiger partial charge in [-0.05, 0) is 42.8 Å². The Morgan fingerprint density at radius 2 is 1.85 bits per heavy atom. The second kappa shape index (κ2) is 7.23. The highest BCUT2D eigenvalue weighted by Crippen LogP contribution is 2.31. The van der Waals surface area contributed by atoms with E-state index in [2.05, 4.69) is 10.3 Å². The molecule has 3 rings (SSSR count). The zero-order chi connectivity index (χ0) is 18.7. The topological polar surface area (TPSA) is 48.5 Å². The zero-order valence-electron chi connectivity index (χ0n) is 14.3. The van der Waals surface area contributed by atoms with Gasteiger partial charge in [0.15, 0.2) is 0 Å². The molecule has 0 atom stereocenters. The number of pyridine rings is 1. The molecule has 2 heterocycles. The molecule has 0 spiro atoms. The molecule has 1 aromatic carbocycles. The van der Waals surface area contributed by atoms with E-state index in [-0.39, 0.29) is 6.03 Å². The van der Waals surface area contributed by atoms with Crippen LogP contribution in [0.2, 0.25) is 0 Å². The summed E-state index contributed by atoms with van der Waals surface area (Å²) in [5.74, 6) is 0.482. The van der Waals surface area contributed by atoms with E-state index in [1.54, 1.807) is 23.2 Å². The van der Waals surface area contributed by atoms with Crippen molar-refractivity contribution in [2.75, 3.05) is 36.4 Å². The Bertz CT molecular complexity index is 786. The summed E-state index contributed by atoms with van der Waals surface area (Å²) in [4.78, 5) is 19.9. The first-order valence-corrected chi connectivity index (χ1v) is 8.24. The lowest BCUT2D eigenvalue weighted by Gasteiger charge is -2.36. The highest BCUT2D eigenvalue weighted by Gasteiger charge is 2.31. The van der Waals surface area contributed by atoms with Crippen molar-refractivity contribution < 1.29 is 18.0 Å². The number of benzene rings is 1. The quantitative estimate of drug-likeness (QED) is 0.883. The molecule has 0 unspecified atom stereocenters. The predicted molar refractivity (Wildman–Crippen MR) is 93.2 cm³/mol. The van der Waals surface area contributed by atoms with Crippen LogP contribution in [-0.2, 0) is 6.18 Å². The van der Waals surface area contributed by atoms with Crippen molar-refractivity contribution in [3.05, 3.63) is 53.7 Å². The van der Waals surface area contributed by atoms with E-state index in [0.717, 1.165) is 17.7 Å². The number of carbonyl (C=O) groups is 1. The summed E-state index contributed by atoms with van der Waals surface area (Å²) in [6.07, 6.45) is -2.74. The molecule has 0 bridgehead atoms. The Labute approximate surface area is 149 Å². The Kier molecular flexibility index (Phi) is 5.01. The SMILES string of the molecule is Cc1ccnc(NC(=O)N2CCN(c3cccc(C(F)(F)F)c3)CC2)c1. The van der Waals surface area contributed by atoms with Crippen molar-refractivity contribution in [1.82, 2.24) is 9.88 Å². The third-order valence-electron chi connectivity index (χ3n) is 4.26. The lowest BCUT2D eigenvalue weighted by molar-refractivity contribution is -0.137. The molecule has 0 aliphatic carbocycles. The second-order valence-corrected chi connectivity index (χ2v) is 6.17. The number of hydrogen-bond donors (Lipinski definition) is 1. The van der Waals surface area contributed by atoms with Crippen LogP contribution in [0, 0.1) is 6.92 Å². The van der Waals surface area contributed by atoms with E-state index >= 15 is 0 Å². The Balaban J connectivity index is 1.60. The maximum absolute atomic E-state index is 12.9. The average Bonchev–Trinajstić information content (AvgIpc) is 2.61. The molecule has 1 N–H and O–H groups in total. The zero-order valence-corrected chi connectivity index (χ0v) is 14.3. The minimum Gasteiger partial charge on any atom is -0.368 e. The number of urea groups is 1. The van der Waals surface area contributed by atoms with Gasteiger partial charge in [0.1, 0.15) is 5.82 Å². The van der Waals surface area contributed by atoms with Gasteiger partial charge in [-0.2, -0.15) is 13.2 Å². The van der Waals surface area contributed by atoms with Crippen molar-refractivity contribution in [2.45, 2.75) is 13.1 Å². The predicted octanol–water partition coefficient (Wildman–Crippen LogP) is 3.76. The summed E-state index contributed by atoms with van der Waals surface area (Å²) in [6, 6.07) is 8.61. The molecule has 1 fully saturated rings. The Morgan fingerprint density at radius 3 is 2.50 bits per heavy atom. The fourth-order valence-electron chi connectivity index (χ4n) is 2.84. The first-order valence-electron chi connectivity index (χ1n) is 8.24.